The van der Waals surface area contributed by atoms with Crippen LogP contribution < -0.4 is 5.32 Å². The molecule has 4 nitrogen and oxygen atoms in total. The molecule has 0 unspecified atom stereocenters. The van der Waals surface area contributed by atoms with Gasteiger partial charge in [-0.1, -0.05) is 24.3 Å². The number of benzene rings is 1. The largest absolute Gasteiger partial charge is 0.434 e. The molecule has 0 saturated heterocycles. The van der Waals surface area contributed by atoms with Crippen molar-refractivity contribution in [1.82, 2.24) is 15.2 Å². The van der Waals surface area contributed by atoms with E-state index >= 15 is 0 Å². The van der Waals surface area contributed by atoms with Gasteiger partial charge in [0.05, 0.1) is 5.01 Å². The summed E-state index contributed by atoms with van der Waals surface area (Å²) >= 11 is 1.04. The average Bonchev–Trinajstić information content (AvgIpc) is 3.08. The van der Waals surface area contributed by atoms with Crippen molar-refractivity contribution in [2.75, 3.05) is 20.1 Å². The second-order valence-corrected chi connectivity index (χ2v) is 6.73. The summed E-state index contributed by atoms with van der Waals surface area (Å²) in [7, 11) is 1.72. The average molecular weight is 496 g/mol. The van der Waals surface area contributed by atoms with Gasteiger partial charge in [0.1, 0.15) is 0 Å². The monoisotopic (exact) mass is 496 g/mol. The Labute approximate surface area is 171 Å². The number of aromatic nitrogens is 1. The number of guanidine groups is 1. The zero-order chi connectivity index (χ0) is 17.9. The van der Waals surface area contributed by atoms with Crippen molar-refractivity contribution >= 4 is 41.3 Å². The third-order valence-electron chi connectivity index (χ3n) is 4.11. The number of fused-ring (bicyclic) bond motifs is 1. The smallest absolute Gasteiger partial charge is 0.356 e. The van der Waals surface area contributed by atoms with Crippen LogP contribution in [0.2, 0.25) is 0 Å². The lowest BCUT2D eigenvalue weighted by molar-refractivity contribution is -0.140. The normalized spacial score (nSPS) is 14.6. The molecular weight excluding hydrogens is 476 g/mol. The van der Waals surface area contributed by atoms with E-state index in [1.165, 1.54) is 11.1 Å². The van der Waals surface area contributed by atoms with Crippen LogP contribution in [0.25, 0.3) is 0 Å². The number of hydrogen-bond donors (Lipinski definition) is 1. The summed E-state index contributed by atoms with van der Waals surface area (Å²) in [5.74, 6) is 0.766. The third kappa shape index (κ3) is 5.09. The fourth-order valence-corrected chi connectivity index (χ4v) is 3.65. The van der Waals surface area contributed by atoms with E-state index in [9.17, 15) is 13.2 Å². The zero-order valence-corrected chi connectivity index (χ0v) is 17.4. The molecule has 0 atom stereocenters. The van der Waals surface area contributed by atoms with Gasteiger partial charge in [0.15, 0.2) is 11.7 Å². The van der Waals surface area contributed by atoms with Gasteiger partial charge in [-0.3, -0.25) is 4.99 Å². The van der Waals surface area contributed by atoms with E-state index in [4.69, 9.17) is 0 Å². The van der Waals surface area contributed by atoms with E-state index in [1.54, 1.807) is 7.05 Å². The molecule has 0 amide bonds. The Balaban J connectivity index is 0.00000243. The molecule has 1 aliphatic heterocycles. The van der Waals surface area contributed by atoms with E-state index in [0.29, 0.717) is 18.0 Å². The Kier molecular flexibility index (Phi) is 7.27. The highest BCUT2D eigenvalue weighted by molar-refractivity contribution is 14.0. The molecular formula is C17H20F3IN4S. The lowest BCUT2D eigenvalue weighted by Crippen LogP contribution is -2.44. The highest BCUT2D eigenvalue weighted by atomic mass is 127. The van der Waals surface area contributed by atoms with Gasteiger partial charge in [0, 0.05) is 38.5 Å². The second kappa shape index (κ2) is 9.03. The van der Waals surface area contributed by atoms with Crippen molar-refractivity contribution in [2.45, 2.75) is 25.6 Å². The van der Waals surface area contributed by atoms with Crippen molar-refractivity contribution in [3.63, 3.8) is 0 Å². The quantitative estimate of drug-likeness (QED) is 0.398. The van der Waals surface area contributed by atoms with Crippen LogP contribution in [0.3, 0.4) is 0 Å². The van der Waals surface area contributed by atoms with Gasteiger partial charge in [-0.2, -0.15) is 13.2 Å². The molecule has 0 radical (unpaired) electrons. The molecule has 0 aliphatic carbocycles. The summed E-state index contributed by atoms with van der Waals surface area (Å²) in [6.07, 6.45) is -2.98. The summed E-state index contributed by atoms with van der Waals surface area (Å²) < 4.78 is 37.7. The summed E-state index contributed by atoms with van der Waals surface area (Å²) in [4.78, 5) is 10.1. The lowest BCUT2D eigenvalue weighted by Gasteiger charge is -2.31. The molecule has 0 fully saturated rings. The molecule has 142 valence electrons. The lowest BCUT2D eigenvalue weighted by atomic mass is 10.0. The van der Waals surface area contributed by atoms with Crippen molar-refractivity contribution in [3.05, 3.63) is 51.5 Å². The maximum absolute atomic E-state index is 12.6. The molecule has 1 aromatic heterocycles. The summed E-state index contributed by atoms with van der Waals surface area (Å²) in [5.41, 5.74) is 1.83. The maximum atomic E-state index is 12.6. The van der Waals surface area contributed by atoms with E-state index < -0.39 is 11.9 Å². The van der Waals surface area contributed by atoms with E-state index in [-0.39, 0.29) is 24.0 Å². The van der Waals surface area contributed by atoms with Gasteiger partial charge < -0.3 is 10.2 Å². The van der Waals surface area contributed by atoms with Gasteiger partial charge >= 0.3 is 6.18 Å². The van der Waals surface area contributed by atoms with E-state index in [0.717, 1.165) is 42.2 Å². The number of alkyl halides is 3. The number of aliphatic imine (C=N–C) groups is 1. The fourth-order valence-electron chi connectivity index (χ4n) is 2.85. The Bertz CT molecular complexity index is 760. The van der Waals surface area contributed by atoms with Crippen LogP contribution in [0.1, 0.15) is 21.8 Å². The highest BCUT2D eigenvalue weighted by Gasteiger charge is 2.33. The van der Waals surface area contributed by atoms with Crippen molar-refractivity contribution < 1.29 is 13.2 Å². The van der Waals surface area contributed by atoms with Crippen LogP contribution in [0.4, 0.5) is 13.2 Å². The van der Waals surface area contributed by atoms with Gasteiger partial charge in [0.2, 0.25) is 0 Å². The number of halogens is 4. The third-order valence-corrected chi connectivity index (χ3v) is 5.01. The number of hydrogen-bond acceptors (Lipinski definition) is 3. The van der Waals surface area contributed by atoms with E-state index in [2.05, 4.69) is 32.3 Å². The summed E-state index contributed by atoms with van der Waals surface area (Å²) in [5, 5.41) is 4.76. The van der Waals surface area contributed by atoms with Crippen LogP contribution >= 0.6 is 35.3 Å². The van der Waals surface area contributed by atoms with Crippen molar-refractivity contribution in [1.29, 1.82) is 0 Å². The molecule has 0 bridgehead atoms. The minimum Gasteiger partial charge on any atom is -0.356 e. The van der Waals surface area contributed by atoms with Gasteiger partial charge in [-0.15, -0.1) is 35.3 Å². The number of thiazole rings is 1. The molecule has 26 heavy (non-hydrogen) atoms. The first-order valence-corrected chi connectivity index (χ1v) is 8.89. The molecule has 3 rings (SSSR count). The first-order valence-electron chi connectivity index (χ1n) is 8.01. The predicted octanol–water partition coefficient (Wildman–Crippen LogP) is 3.96. The van der Waals surface area contributed by atoms with Crippen LogP contribution in [0, 0.1) is 0 Å². The Morgan fingerprint density at radius 1 is 1.31 bits per heavy atom. The Morgan fingerprint density at radius 2 is 2.04 bits per heavy atom. The Hall–Kier alpha value is -1.36. The van der Waals surface area contributed by atoms with Crippen molar-refractivity contribution in [3.8, 4) is 0 Å². The standard InChI is InChI=1S/C17H19F3N4S.HI/c1-21-16(24-9-7-12-4-2-3-5-13(12)10-24)22-8-6-15-23-14(11-25-15)17(18,19)20;/h2-5,11H,6-10H2,1H3,(H,21,22);1H. The number of nitrogens with one attached hydrogen (secondary N) is 1. The molecule has 1 N–H and O–H groups in total. The Morgan fingerprint density at radius 3 is 2.69 bits per heavy atom. The highest BCUT2D eigenvalue weighted by Crippen LogP contribution is 2.30. The van der Waals surface area contributed by atoms with Crippen LogP contribution in [0.15, 0.2) is 34.6 Å². The molecule has 2 aromatic rings. The van der Waals surface area contributed by atoms with E-state index in [1.807, 2.05) is 12.1 Å². The molecule has 9 heteroatoms. The summed E-state index contributed by atoms with van der Waals surface area (Å²) in [6.45, 7) is 2.15. The first kappa shape index (κ1) is 20.9. The van der Waals surface area contributed by atoms with Crippen LogP contribution in [0.5, 0.6) is 0 Å². The molecule has 1 aliphatic rings. The fraction of sp³-hybridized carbons (Fsp3) is 0.412. The van der Waals surface area contributed by atoms with Crippen LogP contribution in [-0.4, -0.2) is 36.0 Å². The molecule has 0 spiro atoms. The summed E-state index contributed by atoms with van der Waals surface area (Å²) in [6, 6.07) is 8.33. The SMILES string of the molecule is CN=C(NCCc1nc(C(F)(F)F)cs1)N1CCc2ccccc2C1.I. The predicted molar refractivity (Wildman–Crippen MR) is 108 cm³/mol. The second-order valence-electron chi connectivity index (χ2n) is 5.79. The zero-order valence-electron chi connectivity index (χ0n) is 14.2. The van der Waals surface area contributed by atoms with Gasteiger partial charge in [-0.05, 0) is 17.5 Å². The maximum Gasteiger partial charge on any atom is 0.434 e. The van der Waals surface area contributed by atoms with Gasteiger partial charge in [0.25, 0.3) is 0 Å². The van der Waals surface area contributed by atoms with Crippen molar-refractivity contribution in [2.24, 2.45) is 4.99 Å². The minimum atomic E-state index is -4.38. The first-order chi connectivity index (χ1) is 12.0. The van der Waals surface area contributed by atoms with Crippen LogP contribution in [-0.2, 0) is 25.6 Å². The van der Waals surface area contributed by atoms with Gasteiger partial charge in [-0.25, -0.2) is 4.98 Å². The molecule has 2 heterocycles. The molecule has 0 saturated carbocycles. The number of nitrogens with zero attached hydrogens (tertiary/aromatic N) is 3. The molecule has 1 aromatic carbocycles. The minimum absolute atomic E-state index is 0. The number of rotatable bonds is 3. The topological polar surface area (TPSA) is 40.5 Å².